The van der Waals surface area contributed by atoms with E-state index in [0.29, 0.717) is 0 Å². The molecule has 0 aliphatic rings. The van der Waals surface area contributed by atoms with Crippen LogP contribution in [0.4, 0.5) is 0 Å². The van der Waals surface area contributed by atoms with E-state index < -0.39 is 0 Å². The smallest absolute Gasteiger partial charge is 0.0854 e. The predicted octanol–water partition coefficient (Wildman–Crippen LogP) is 3.95. The molecule has 130 valence electrons. The number of hydrogen-bond acceptors (Lipinski definition) is 4. The Bertz CT molecular complexity index is 558. The molecular weight excluding hydrogens is 296 g/mol. The summed E-state index contributed by atoms with van der Waals surface area (Å²) in [6.45, 7) is 11.9. The number of hydrogen-bond donors (Lipinski definition) is 2. The molecule has 0 unspecified atom stereocenters. The van der Waals surface area contributed by atoms with Crippen molar-refractivity contribution in [3.05, 3.63) is 61.1 Å². The van der Waals surface area contributed by atoms with Gasteiger partial charge in [-0.1, -0.05) is 38.1 Å². The summed E-state index contributed by atoms with van der Waals surface area (Å²) in [5.74, 6) is 0. The number of aliphatic imine (C=N–C) groups is 1. The Hall–Kier alpha value is -2.36. The maximum atomic E-state index is 4.28. The molecule has 1 aromatic rings. The summed E-state index contributed by atoms with van der Waals surface area (Å²) in [7, 11) is 1.79. The molecule has 0 bridgehead atoms. The lowest BCUT2D eigenvalue weighted by Gasteiger charge is -2.10. The van der Waals surface area contributed by atoms with Crippen molar-refractivity contribution < 1.29 is 0 Å². The fraction of sp³-hybridized carbons (Fsp3) is 0.400. The normalized spacial score (nSPS) is 11.5. The molecule has 0 amide bonds. The van der Waals surface area contributed by atoms with E-state index in [1.165, 1.54) is 12.8 Å². The molecule has 24 heavy (non-hydrogen) atoms. The Labute approximate surface area is 146 Å². The molecule has 4 nitrogen and oxygen atoms in total. The van der Waals surface area contributed by atoms with Crippen molar-refractivity contribution in [2.75, 3.05) is 20.1 Å². The number of nitrogens with zero attached hydrogens (tertiary/aromatic N) is 2. The summed E-state index contributed by atoms with van der Waals surface area (Å²) in [5, 5.41) is 6.67. The Kier molecular flexibility index (Phi) is 9.93. The van der Waals surface area contributed by atoms with Gasteiger partial charge in [-0.15, -0.1) is 0 Å². The van der Waals surface area contributed by atoms with E-state index in [-0.39, 0.29) is 0 Å². The van der Waals surface area contributed by atoms with Crippen LogP contribution >= 0.6 is 0 Å². The van der Waals surface area contributed by atoms with E-state index in [1.54, 1.807) is 13.2 Å². The van der Waals surface area contributed by atoms with Gasteiger partial charge >= 0.3 is 0 Å². The zero-order valence-electron chi connectivity index (χ0n) is 15.0. The highest BCUT2D eigenvalue weighted by atomic mass is 14.9. The van der Waals surface area contributed by atoms with Crippen molar-refractivity contribution in [1.29, 1.82) is 0 Å². The molecule has 0 radical (unpaired) electrons. The lowest BCUT2D eigenvalue weighted by Crippen LogP contribution is -2.19. The van der Waals surface area contributed by atoms with Crippen molar-refractivity contribution >= 4 is 11.4 Å². The SMILES string of the molecule is C=C(NCCCCCCNC(=C)c1ccccn1)C(/C=C\C)=NC. The van der Waals surface area contributed by atoms with E-state index in [4.69, 9.17) is 0 Å². The maximum Gasteiger partial charge on any atom is 0.0854 e. The van der Waals surface area contributed by atoms with Crippen molar-refractivity contribution in [2.24, 2.45) is 4.99 Å². The van der Waals surface area contributed by atoms with Crippen LogP contribution in [0.25, 0.3) is 5.70 Å². The quantitative estimate of drug-likeness (QED) is 0.452. The number of pyridine rings is 1. The first-order valence-electron chi connectivity index (χ1n) is 8.55. The number of aromatic nitrogens is 1. The number of nitrogens with one attached hydrogen (secondary N) is 2. The molecule has 2 N–H and O–H groups in total. The predicted molar refractivity (Wildman–Crippen MR) is 105 cm³/mol. The van der Waals surface area contributed by atoms with Crippen molar-refractivity contribution in [3.63, 3.8) is 0 Å². The van der Waals surface area contributed by atoms with Gasteiger partial charge < -0.3 is 10.6 Å². The van der Waals surface area contributed by atoms with Crippen LogP contribution in [0.15, 0.2) is 60.4 Å². The van der Waals surface area contributed by atoms with Crippen LogP contribution in [0.1, 0.15) is 38.3 Å². The van der Waals surface area contributed by atoms with Crippen LogP contribution in [0.3, 0.4) is 0 Å². The third-order valence-electron chi connectivity index (χ3n) is 3.63. The second kappa shape index (κ2) is 12.1. The average molecular weight is 326 g/mol. The highest BCUT2D eigenvalue weighted by Gasteiger charge is 2.00. The molecule has 1 aromatic heterocycles. The molecule has 0 aliphatic carbocycles. The third kappa shape index (κ3) is 7.77. The molecule has 1 rings (SSSR count). The van der Waals surface area contributed by atoms with Gasteiger partial charge in [0, 0.05) is 26.3 Å². The number of rotatable bonds is 12. The van der Waals surface area contributed by atoms with Crippen LogP contribution in [0.2, 0.25) is 0 Å². The lowest BCUT2D eigenvalue weighted by atomic mass is 10.2. The van der Waals surface area contributed by atoms with Crippen molar-refractivity contribution in [2.45, 2.75) is 32.6 Å². The van der Waals surface area contributed by atoms with E-state index in [1.807, 2.05) is 37.3 Å². The Morgan fingerprint density at radius 1 is 1.12 bits per heavy atom. The van der Waals surface area contributed by atoms with Gasteiger partial charge in [-0.2, -0.15) is 0 Å². The minimum Gasteiger partial charge on any atom is -0.384 e. The second-order valence-corrected chi connectivity index (χ2v) is 5.55. The second-order valence-electron chi connectivity index (χ2n) is 5.55. The van der Waals surface area contributed by atoms with Gasteiger partial charge in [0.15, 0.2) is 0 Å². The maximum absolute atomic E-state index is 4.28. The first kappa shape index (κ1) is 19.7. The van der Waals surface area contributed by atoms with Crippen molar-refractivity contribution in [1.82, 2.24) is 15.6 Å². The molecule has 1 heterocycles. The van der Waals surface area contributed by atoms with E-state index in [2.05, 4.69) is 33.8 Å². The van der Waals surface area contributed by atoms with Crippen LogP contribution in [0, 0.1) is 0 Å². The molecule has 0 fully saturated rings. The van der Waals surface area contributed by atoms with Gasteiger partial charge in [0.25, 0.3) is 0 Å². The Morgan fingerprint density at radius 2 is 1.83 bits per heavy atom. The summed E-state index contributed by atoms with van der Waals surface area (Å²) in [6.07, 6.45) is 10.4. The third-order valence-corrected chi connectivity index (χ3v) is 3.63. The fourth-order valence-electron chi connectivity index (χ4n) is 2.27. The summed E-state index contributed by atoms with van der Waals surface area (Å²) >= 11 is 0. The standard InChI is InChI=1S/C20H30N4/c1-5-12-19(21-4)17(2)22-14-9-6-7-10-15-23-18(3)20-13-8-11-16-24-20/h5,8,11-13,16,22-23H,2-3,6-7,9-10,14-15H2,1,4H3/b12-5-,21-19?. The molecule has 4 heteroatoms. The first-order chi connectivity index (χ1) is 11.7. The summed E-state index contributed by atoms with van der Waals surface area (Å²) in [6, 6.07) is 5.85. The minimum atomic E-state index is 0.893. The first-order valence-corrected chi connectivity index (χ1v) is 8.55. The molecular formula is C20H30N4. The van der Waals surface area contributed by atoms with Crippen LogP contribution in [0.5, 0.6) is 0 Å². The molecule has 0 aliphatic heterocycles. The van der Waals surface area contributed by atoms with Gasteiger partial charge in [0.05, 0.1) is 22.8 Å². The van der Waals surface area contributed by atoms with E-state index >= 15 is 0 Å². The molecule has 0 atom stereocenters. The van der Waals surface area contributed by atoms with Crippen LogP contribution < -0.4 is 10.6 Å². The largest absolute Gasteiger partial charge is 0.384 e. The lowest BCUT2D eigenvalue weighted by molar-refractivity contribution is 0.613. The molecule has 0 aromatic carbocycles. The van der Waals surface area contributed by atoms with E-state index in [9.17, 15) is 0 Å². The minimum absolute atomic E-state index is 0.893. The monoisotopic (exact) mass is 326 g/mol. The van der Waals surface area contributed by atoms with Crippen LogP contribution in [-0.4, -0.2) is 30.8 Å². The van der Waals surface area contributed by atoms with Gasteiger partial charge in [0.2, 0.25) is 0 Å². The summed E-state index contributed by atoms with van der Waals surface area (Å²) in [4.78, 5) is 8.48. The highest BCUT2D eigenvalue weighted by molar-refractivity contribution is 6.07. The average Bonchev–Trinajstić information content (AvgIpc) is 2.62. The van der Waals surface area contributed by atoms with Gasteiger partial charge in [0.1, 0.15) is 0 Å². The van der Waals surface area contributed by atoms with Gasteiger partial charge in [-0.05, 0) is 38.0 Å². The number of unbranched alkanes of at least 4 members (excludes halogenated alkanes) is 3. The number of allylic oxidation sites excluding steroid dienone is 2. The molecule has 0 saturated carbocycles. The summed E-state index contributed by atoms with van der Waals surface area (Å²) < 4.78 is 0. The molecule has 0 saturated heterocycles. The van der Waals surface area contributed by atoms with Gasteiger partial charge in [-0.25, -0.2) is 0 Å². The summed E-state index contributed by atoms with van der Waals surface area (Å²) in [5.41, 5.74) is 3.61. The zero-order chi connectivity index (χ0) is 17.6. The van der Waals surface area contributed by atoms with Gasteiger partial charge in [-0.3, -0.25) is 9.98 Å². The topological polar surface area (TPSA) is 49.3 Å². The fourth-order valence-corrected chi connectivity index (χ4v) is 2.27. The Balaban J connectivity index is 2.05. The zero-order valence-corrected chi connectivity index (χ0v) is 15.0. The van der Waals surface area contributed by atoms with E-state index in [0.717, 1.165) is 48.7 Å². The van der Waals surface area contributed by atoms with Crippen LogP contribution in [-0.2, 0) is 0 Å². The van der Waals surface area contributed by atoms with Crippen molar-refractivity contribution in [3.8, 4) is 0 Å². The Morgan fingerprint density at radius 3 is 2.42 bits per heavy atom. The highest BCUT2D eigenvalue weighted by Crippen LogP contribution is 2.05. The molecule has 0 spiro atoms.